The second kappa shape index (κ2) is 25.6. The number of hydrogen-bond acceptors (Lipinski definition) is 6. The van der Waals surface area contributed by atoms with E-state index in [0.717, 1.165) is 125 Å². The molecule has 452 valence electrons. The van der Waals surface area contributed by atoms with E-state index in [2.05, 4.69) is 38.0 Å². The maximum absolute atomic E-state index is 13.1. The van der Waals surface area contributed by atoms with Gasteiger partial charge in [0.15, 0.2) is 23.4 Å². The first-order chi connectivity index (χ1) is 39.9. The normalized spacial score (nSPS) is 38.6. The lowest BCUT2D eigenvalue weighted by molar-refractivity contribution is -0.956. The van der Waals surface area contributed by atoms with Crippen molar-refractivity contribution < 1.29 is 28.1 Å². The third kappa shape index (κ3) is 11.5. The molecule has 0 aromatic heterocycles. The number of likely N-dealkylation sites (N-methyl/N-ethyl adjacent to an activating group) is 1. The molecule has 0 N–H and O–H groups in total. The summed E-state index contributed by atoms with van der Waals surface area (Å²) in [6.07, 6.45) is 28.0. The summed E-state index contributed by atoms with van der Waals surface area (Å²) in [7, 11) is 9.62. The number of rotatable bonds is 8. The second-order valence-corrected chi connectivity index (χ2v) is 29.2. The van der Waals surface area contributed by atoms with Crippen molar-refractivity contribution in [2.24, 2.45) is 59.2 Å². The van der Waals surface area contributed by atoms with Crippen LogP contribution in [0.25, 0.3) is 0 Å². The van der Waals surface area contributed by atoms with Gasteiger partial charge in [0.05, 0.1) is 51.9 Å². The van der Waals surface area contributed by atoms with Crippen LogP contribution in [-0.2, 0) is 0 Å². The number of Topliss-reactive ketones (excluding diaryl/α,β-unsaturated/α-hetero) is 4. The molecule has 19 atom stereocenters. The SMILES string of the molecule is C.C.CN1C2CC3C(C(=O)c4ccccc4)CCCC3C1C1CC12.C[N+]1(C)C2CC3C(C(=O)c4ccccc4)CCCC3C1C1CC12.C[N+]12CCCCC1CCCC2C(=O)c1ccccc1.O=C(c1ccccc1)C1CCCC2CCCCN21. The second-order valence-electron chi connectivity index (χ2n) is 29.2. The van der Waals surface area contributed by atoms with Crippen LogP contribution in [0.1, 0.15) is 198 Å². The predicted octanol–water partition coefficient (Wildman–Crippen LogP) is 15.4. The number of quaternary nitrogens is 2. The van der Waals surface area contributed by atoms with Crippen molar-refractivity contribution >= 4 is 23.1 Å². The van der Waals surface area contributed by atoms with Crippen molar-refractivity contribution in [3.63, 3.8) is 0 Å². The topological polar surface area (TPSA) is 74.8 Å². The van der Waals surface area contributed by atoms with Crippen LogP contribution in [0.5, 0.6) is 0 Å². The van der Waals surface area contributed by atoms with Crippen LogP contribution in [0.2, 0.25) is 0 Å². The highest BCUT2D eigenvalue weighted by Crippen LogP contribution is 2.66. The molecule has 4 aromatic carbocycles. The molecule has 8 aliphatic heterocycles. The van der Waals surface area contributed by atoms with Crippen molar-refractivity contribution in [1.82, 2.24) is 9.80 Å². The summed E-state index contributed by atoms with van der Waals surface area (Å²) < 4.78 is 2.26. The molecule has 8 nitrogen and oxygen atoms in total. The predicted molar refractivity (Wildman–Crippen MR) is 341 cm³/mol. The van der Waals surface area contributed by atoms with Crippen LogP contribution < -0.4 is 0 Å². The van der Waals surface area contributed by atoms with E-state index in [1.165, 1.54) is 127 Å². The third-order valence-corrected chi connectivity index (χ3v) is 25.0. The van der Waals surface area contributed by atoms with E-state index in [4.69, 9.17) is 0 Å². The van der Waals surface area contributed by atoms with Crippen molar-refractivity contribution in [1.29, 1.82) is 0 Å². The molecule has 8 heterocycles. The highest BCUT2D eigenvalue weighted by molar-refractivity contribution is 6.01. The third-order valence-electron chi connectivity index (χ3n) is 25.0. The van der Waals surface area contributed by atoms with Gasteiger partial charge in [-0.15, -0.1) is 0 Å². The van der Waals surface area contributed by atoms with Gasteiger partial charge in [0.1, 0.15) is 0 Å². The fraction of sp³-hybridized carbons (Fsp3) is 0.632. The van der Waals surface area contributed by atoms with Crippen LogP contribution in [-0.4, -0.2) is 132 Å². The van der Waals surface area contributed by atoms with Gasteiger partial charge in [-0.2, -0.15) is 0 Å². The number of carbonyl (C=O) groups excluding carboxylic acids is 4. The Hall–Kier alpha value is -4.60. The maximum atomic E-state index is 13.1. The van der Waals surface area contributed by atoms with Crippen LogP contribution in [0, 0.1) is 59.2 Å². The number of ketones is 4. The Labute approximate surface area is 507 Å². The molecule has 4 bridgehead atoms. The van der Waals surface area contributed by atoms with Gasteiger partial charge in [0, 0.05) is 82.8 Å². The van der Waals surface area contributed by atoms with Crippen LogP contribution in [0.15, 0.2) is 121 Å². The Morgan fingerprint density at radius 1 is 0.429 bits per heavy atom. The average Bonchev–Trinajstić information content (AvgIpc) is 1.59. The fourth-order valence-electron chi connectivity index (χ4n) is 21.1. The van der Waals surface area contributed by atoms with Gasteiger partial charge in [0.25, 0.3) is 0 Å². The molecule has 8 saturated heterocycles. The summed E-state index contributed by atoms with van der Waals surface area (Å²) in [4.78, 5) is 56.8. The standard InChI is InChI=1S/C21H28NO.C20H25NO.C17H24NO.C16H21NO.2CH4/c1-22(2)19-12-16-14(20(22)18-11-17(18)19)9-6-10-15(16)21(23)13-7-4-3-5-8-13;1-21-18-11-15-13(19(21)17-10-16(17)18)8-5-9-14(15)20(22)12-6-3-2-4-7-12;1-18-13-6-5-10-15(18)11-7-12-16(18)17(19)14-8-3-2-4-9-14;18-16(13-7-2-1-3-8-13)15-11-6-10-14-9-4-5-12-17(14)15;;/h3-5,7-8,14-20H,6,9-12H2,1-2H3;2-4,6-7,13-19H,5,8-11H2,1H3;2-4,8-9,15-16H,5-7,10-13H2,1H3;1-3,7-8,14-15H,4-6,9-12H2;2*1H4/q+1;;+1;;;. The Morgan fingerprint density at radius 3 is 1.55 bits per heavy atom. The van der Waals surface area contributed by atoms with E-state index >= 15 is 0 Å². The number of hydrogen-bond donors (Lipinski definition) is 0. The number of fused-ring (bicyclic) bond motifs is 16. The lowest BCUT2D eigenvalue weighted by Gasteiger charge is -2.54. The van der Waals surface area contributed by atoms with Gasteiger partial charge in [-0.3, -0.25) is 29.0 Å². The minimum absolute atomic E-state index is 0. The van der Waals surface area contributed by atoms with Gasteiger partial charge in [-0.05, 0) is 152 Å². The van der Waals surface area contributed by atoms with E-state index in [9.17, 15) is 19.2 Å². The monoisotopic (exact) mass is 1140 g/mol. The van der Waals surface area contributed by atoms with Gasteiger partial charge < -0.3 is 8.97 Å². The molecule has 19 unspecified atom stereocenters. The van der Waals surface area contributed by atoms with Crippen molar-refractivity contribution in [3.05, 3.63) is 144 Å². The largest absolute Gasteiger partial charge is 0.323 e. The Balaban J connectivity index is 0.000000117. The molecule has 84 heavy (non-hydrogen) atoms. The molecule has 8 heteroatoms. The van der Waals surface area contributed by atoms with E-state index in [0.29, 0.717) is 46.9 Å². The smallest absolute Gasteiger partial charge is 0.219 e. The first-order valence-electron chi connectivity index (χ1n) is 33.4. The van der Waals surface area contributed by atoms with Crippen molar-refractivity contribution in [2.75, 3.05) is 41.3 Å². The molecule has 4 saturated carbocycles. The highest BCUT2D eigenvalue weighted by atomic mass is 16.1. The number of piperidine rings is 8. The summed E-state index contributed by atoms with van der Waals surface area (Å²) in [6, 6.07) is 44.7. The Kier molecular flexibility index (Phi) is 18.6. The van der Waals surface area contributed by atoms with Gasteiger partial charge >= 0.3 is 0 Å². The molecule has 4 aliphatic carbocycles. The molecule has 0 spiro atoms. The van der Waals surface area contributed by atoms with Crippen LogP contribution >= 0.6 is 0 Å². The lowest BCUT2D eigenvalue weighted by atomic mass is 9.62. The average molecular weight is 1140 g/mol. The Morgan fingerprint density at radius 2 is 0.929 bits per heavy atom. The fourth-order valence-corrected chi connectivity index (χ4v) is 21.1. The number of benzene rings is 4. The van der Waals surface area contributed by atoms with E-state index < -0.39 is 0 Å². The maximum Gasteiger partial charge on any atom is 0.219 e. The lowest BCUT2D eigenvalue weighted by Crippen LogP contribution is -2.65. The number of nitrogens with zero attached hydrogens (tertiary/aromatic N) is 4. The number of carbonyl (C=O) groups is 4. The highest BCUT2D eigenvalue weighted by Gasteiger charge is 2.72. The van der Waals surface area contributed by atoms with E-state index in [-0.39, 0.29) is 32.9 Å². The summed E-state index contributed by atoms with van der Waals surface area (Å²) in [5.41, 5.74) is 3.66. The van der Waals surface area contributed by atoms with Gasteiger partial charge in [-0.25, -0.2) is 0 Å². The summed E-state index contributed by atoms with van der Waals surface area (Å²) in [5.74, 6) is 8.93. The van der Waals surface area contributed by atoms with Crippen LogP contribution in [0.4, 0.5) is 0 Å². The van der Waals surface area contributed by atoms with Gasteiger partial charge in [-0.1, -0.05) is 155 Å². The molecule has 4 aromatic rings. The Bertz CT molecular complexity index is 2870. The first kappa shape index (κ1) is 61.1. The quantitative estimate of drug-likeness (QED) is 0.129. The zero-order valence-corrected chi connectivity index (χ0v) is 50.3. The minimum Gasteiger partial charge on any atom is -0.323 e. The molecule has 12 aliphatic rings. The van der Waals surface area contributed by atoms with Crippen LogP contribution in [0.3, 0.4) is 0 Å². The van der Waals surface area contributed by atoms with Crippen molar-refractivity contribution in [3.8, 4) is 0 Å². The zero-order valence-electron chi connectivity index (χ0n) is 50.3. The molecular weight excluding hydrogens is 1030 g/mol. The first-order valence-corrected chi connectivity index (χ1v) is 33.4. The zero-order chi connectivity index (χ0) is 56.3. The molecule has 0 radical (unpaired) electrons. The minimum atomic E-state index is 0. The van der Waals surface area contributed by atoms with Gasteiger partial charge in [0.2, 0.25) is 5.78 Å². The van der Waals surface area contributed by atoms with Crippen molar-refractivity contribution in [2.45, 2.75) is 204 Å². The molecular formula is C76H106N4O4+2. The summed E-state index contributed by atoms with van der Waals surface area (Å²) in [5, 5.41) is 0. The van der Waals surface area contributed by atoms with E-state index in [1.807, 2.05) is 121 Å². The summed E-state index contributed by atoms with van der Waals surface area (Å²) >= 11 is 0. The summed E-state index contributed by atoms with van der Waals surface area (Å²) in [6.45, 7) is 2.31. The molecule has 0 amide bonds. The molecule has 12 fully saturated rings. The van der Waals surface area contributed by atoms with E-state index in [1.54, 1.807) is 0 Å². The molecule has 16 rings (SSSR count).